The van der Waals surface area contributed by atoms with Gasteiger partial charge >= 0.3 is 0 Å². The summed E-state index contributed by atoms with van der Waals surface area (Å²) in [6.07, 6.45) is 3.83. The standard InChI is InChI=1S/C8H14FNO2S/c1-6(9)8(10-13-11)7-4-2-3-5-12-7/h3,5-8,13H,2,4H2,1H3,(H,10,11)/t6-,7+,8-/m1/s1. The first-order valence-electron chi connectivity index (χ1n) is 4.28. The third kappa shape index (κ3) is 3.08. The Labute approximate surface area is 81.0 Å². The summed E-state index contributed by atoms with van der Waals surface area (Å²) in [4.78, 5) is 0. The molecular weight excluding hydrogens is 193 g/mol. The van der Waals surface area contributed by atoms with Gasteiger partial charge in [0.2, 0.25) is 0 Å². The number of ether oxygens (including phenoxy) is 1. The van der Waals surface area contributed by atoms with E-state index in [1.165, 1.54) is 6.92 Å². The van der Waals surface area contributed by atoms with E-state index in [-0.39, 0.29) is 18.0 Å². The monoisotopic (exact) mass is 207 g/mol. The molecule has 1 N–H and O–H groups in total. The zero-order valence-corrected chi connectivity index (χ0v) is 8.34. The fourth-order valence-electron chi connectivity index (χ4n) is 1.36. The van der Waals surface area contributed by atoms with Gasteiger partial charge < -0.3 is 4.74 Å². The van der Waals surface area contributed by atoms with E-state index in [1.807, 2.05) is 6.08 Å². The van der Waals surface area contributed by atoms with Crippen LogP contribution in [0, 0.1) is 0 Å². The third-order valence-corrected chi connectivity index (χ3v) is 2.47. The molecule has 0 fully saturated rings. The molecule has 1 rings (SSSR count). The molecule has 0 aromatic heterocycles. The van der Waals surface area contributed by atoms with Gasteiger partial charge in [-0.15, -0.1) is 0 Å². The number of nitrogens with one attached hydrogen (secondary N) is 1. The average molecular weight is 207 g/mol. The molecule has 1 heterocycles. The predicted octanol–water partition coefficient (Wildman–Crippen LogP) is 0.856. The second-order valence-electron chi connectivity index (χ2n) is 3.05. The van der Waals surface area contributed by atoms with Gasteiger partial charge in [0, 0.05) is 0 Å². The molecule has 3 atom stereocenters. The van der Waals surface area contributed by atoms with E-state index in [1.54, 1.807) is 6.26 Å². The maximum Gasteiger partial charge on any atom is 0.117 e. The van der Waals surface area contributed by atoms with Crippen molar-refractivity contribution in [3.8, 4) is 0 Å². The van der Waals surface area contributed by atoms with Crippen LogP contribution in [0.25, 0.3) is 0 Å². The zero-order chi connectivity index (χ0) is 9.68. The van der Waals surface area contributed by atoms with Crippen LogP contribution < -0.4 is 4.72 Å². The van der Waals surface area contributed by atoms with E-state index in [9.17, 15) is 8.60 Å². The van der Waals surface area contributed by atoms with E-state index < -0.39 is 12.2 Å². The molecule has 5 heteroatoms. The molecule has 0 amide bonds. The van der Waals surface area contributed by atoms with Crippen molar-refractivity contribution in [3.63, 3.8) is 0 Å². The van der Waals surface area contributed by atoms with Gasteiger partial charge in [0.05, 0.1) is 24.2 Å². The van der Waals surface area contributed by atoms with Crippen LogP contribution in [0.3, 0.4) is 0 Å². The van der Waals surface area contributed by atoms with E-state index >= 15 is 0 Å². The zero-order valence-electron chi connectivity index (χ0n) is 7.44. The third-order valence-electron chi connectivity index (χ3n) is 2.06. The molecule has 76 valence electrons. The summed E-state index contributed by atoms with van der Waals surface area (Å²) in [6, 6.07) is -0.496. The van der Waals surface area contributed by atoms with E-state index in [0.717, 1.165) is 12.8 Å². The minimum Gasteiger partial charge on any atom is -0.497 e. The van der Waals surface area contributed by atoms with Gasteiger partial charge in [-0.1, -0.05) is 0 Å². The van der Waals surface area contributed by atoms with Crippen LogP contribution in [0.15, 0.2) is 12.3 Å². The summed E-state index contributed by atoms with van der Waals surface area (Å²) < 4.78 is 31.1. The van der Waals surface area contributed by atoms with Gasteiger partial charge in [0.15, 0.2) is 0 Å². The number of hydrogen-bond donors (Lipinski definition) is 2. The Hall–Kier alpha value is -0.420. The number of halogens is 1. The first kappa shape index (κ1) is 10.7. The van der Waals surface area contributed by atoms with E-state index in [4.69, 9.17) is 4.74 Å². The van der Waals surface area contributed by atoms with Crippen LogP contribution in [-0.4, -0.2) is 22.5 Å². The molecule has 3 nitrogen and oxygen atoms in total. The first-order chi connectivity index (χ1) is 6.25. The molecule has 0 aromatic rings. The number of alkyl halides is 1. The van der Waals surface area contributed by atoms with Crippen molar-refractivity contribution in [2.45, 2.75) is 38.1 Å². The largest absolute Gasteiger partial charge is 0.497 e. The minimum atomic E-state index is -1.07. The minimum absolute atomic E-state index is 0.216. The Morgan fingerprint density at radius 3 is 3.00 bits per heavy atom. The molecular formula is C8H14FNO2S. The normalized spacial score (nSPS) is 26.5. The lowest BCUT2D eigenvalue weighted by atomic mass is 10.0. The molecule has 0 spiro atoms. The predicted molar refractivity (Wildman–Crippen MR) is 50.3 cm³/mol. The number of hydrogen-bond acceptors (Lipinski definition) is 2. The van der Waals surface area contributed by atoms with Crippen LogP contribution in [-0.2, 0) is 16.6 Å². The molecule has 0 aromatic carbocycles. The van der Waals surface area contributed by atoms with Crippen LogP contribution in [0.5, 0.6) is 0 Å². The van der Waals surface area contributed by atoms with Crippen molar-refractivity contribution in [3.05, 3.63) is 12.3 Å². The summed E-state index contributed by atoms with van der Waals surface area (Å²) in [7, 11) is 0. The fourth-order valence-corrected chi connectivity index (χ4v) is 1.85. The van der Waals surface area contributed by atoms with Crippen molar-refractivity contribution < 1.29 is 13.3 Å². The number of thiol groups is 1. The van der Waals surface area contributed by atoms with Crippen LogP contribution in [0.2, 0.25) is 0 Å². The molecule has 13 heavy (non-hydrogen) atoms. The van der Waals surface area contributed by atoms with Crippen LogP contribution in [0.4, 0.5) is 4.39 Å². The van der Waals surface area contributed by atoms with Gasteiger partial charge in [-0.3, -0.25) is 0 Å². The summed E-state index contributed by atoms with van der Waals surface area (Å²) in [5.41, 5.74) is 0. The average Bonchev–Trinajstić information content (AvgIpc) is 2.15. The molecule has 0 unspecified atom stereocenters. The lowest BCUT2D eigenvalue weighted by Crippen LogP contribution is -2.45. The molecule has 0 aliphatic carbocycles. The van der Waals surface area contributed by atoms with Gasteiger partial charge in [-0.25, -0.2) is 13.3 Å². The topological polar surface area (TPSA) is 38.3 Å². The van der Waals surface area contributed by atoms with E-state index in [2.05, 4.69) is 4.72 Å². The Balaban J connectivity index is 2.52. The van der Waals surface area contributed by atoms with Gasteiger partial charge in [-0.2, -0.15) is 0 Å². The van der Waals surface area contributed by atoms with Crippen molar-refractivity contribution in [1.29, 1.82) is 0 Å². The Morgan fingerprint density at radius 2 is 2.54 bits per heavy atom. The second kappa shape index (κ2) is 5.34. The molecule has 0 saturated heterocycles. The quantitative estimate of drug-likeness (QED) is 0.671. The first-order valence-corrected chi connectivity index (χ1v) is 5.09. The van der Waals surface area contributed by atoms with Crippen molar-refractivity contribution in [1.82, 2.24) is 4.72 Å². The van der Waals surface area contributed by atoms with Crippen molar-refractivity contribution in [2.75, 3.05) is 0 Å². The summed E-state index contributed by atoms with van der Waals surface area (Å²) in [5.74, 6) is 0. The Morgan fingerprint density at radius 1 is 1.77 bits per heavy atom. The summed E-state index contributed by atoms with van der Waals surface area (Å²) in [6.45, 7) is 1.44. The summed E-state index contributed by atoms with van der Waals surface area (Å²) >= 11 is -0.251. The fraction of sp³-hybridized carbons (Fsp3) is 0.750. The molecule has 1 aliphatic heterocycles. The molecule has 0 radical (unpaired) electrons. The molecule has 1 aliphatic rings. The number of allylic oxidation sites excluding steroid dienone is 1. The van der Waals surface area contributed by atoms with Crippen LogP contribution in [0.1, 0.15) is 19.8 Å². The Bertz CT molecular complexity index is 199. The second-order valence-corrected chi connectivity index (χ2v) is 3.49. The highest BCUT2D eigenvalue weighted by Crippen LogP contribution is 2.17. The smallest absolute Gasteiger partial charge is 0.117 e. The van der Waals surface area contributed by atoms with Crippen molar-refractivity contribution >= 4 is 11.9 Å². The van der Waals surface area contributed by atoms with Gasteiger partial charge in [0.1, 0.15) is 12.3 Å². The van der Waals surface area contributed by atoms with Gasteiger partial charge in [0.25, 0.3) is 0 Å². The maximum atomic E-state index is 13.0. The highest BCUT2D eigenvalue weighted by molar-refractivity contribution is 7.63. The number of rotatable bonds is 4. The van der Waals surface area contributed by atoms with Gasteiger partial charge in [-0.05, 0) is 25.8 Å². The Kier molecular flexibility index (Phi) is 4.38. The highest BCUT2D eigenvalue weighted by atomic mass is 32.2. The summed E-state index contributed by atoms with van der Waals surface area (Å²) in [5, 5.41) is 0. The SMILES string of the molecule is C[C@@H](F)[C@@H](N[SH]=O)[C@@H]1CCC=CO1. The lowest BCUT2D eigenvalue weighted by molar-refractivity contribution is 0.0652. The lowest BCUT2D eigenvalue weighted by Gasteiger charge is -2.28. The molecule has 0 saturated carbocycles. The van der Waals surface area contributed by atoms with Crippen LogP contribution >= 0.6 is 0 Å². The maximum absolute atomic E-state index is 13.0. The van der Waals surface area contributed by atoms with Crippen molar-refractivity contribution in [2.24, 2.45) is 0 Å². The molecule has 0 bridgehead atoms. The highest BCUT2D eigenvalue weighted by Gasteiger charge is 2.28. The van der Waals surface area contributed by atoms with E-state index in [0.29, 0.717) is 0 Å².